The average molecular weight is 239 g/mol. The zero-order valence-corrected chi connectivity index (χ0v) is 10.7. The number of aromatic nitrogens is 1. The Balaban J connectivity index is 2.53. The van der Waals surface area contributed by atoms with Gasteiger partial charge < -0.3 is 15.6 Å². The number of nitrogens with two attached hydrogens (primary N) is 1. The van der Waals surface area contributed by atoms with Crippen LogP contribution in [0.15, 0.2) is 4.52 Å². The van der Waals surface area contributed by atoms with Crippen molar-refractivity contribution in [2.45, 2.75) is 40.2 Å². The van der Waals surface area contributed by atoms with Crippen LogP contribution in [0.5, 0.6) is 0 Å². The zero-order valence-electron chi connectivity index (χ0n) is 10.7. The number of hydrogen-bond acceptors (Lipinski definition) is 4. The van der Waals surface area contributed by atoms with Crippen LogP contribution in [0, 0.1) is 19.8 Å². The number of amides is 1. The molecule has 1 heterocycles. The number of carbonyl (C=O) groups excluding carboxylic acids is 1. The van der Waals surface area contributed by atoms with Gasteiger partial charge in [-0.3, -0.25) is 4.79 Å². The Labute approximate surface area is 102 Å². The summed E-state index contributed by atoms with van der Waals surface area (Å²) in [4.78, 5) is 11.8. The lowest BCUT2D eigenvalue weighted by Crippen LogP contribution is -2.34. The lowest BCUT2D eigenvalue weighted by Gasteiger charge is -2.13. The van der Waals surface area contributed by atoms with Crippen molar-refractivity contribution in [3.05, 3.63) is 17.0 Å². The van der Waals surface area contributed by atoms with Gasteiger partial charge in [0.1, 0.15) is 5.76 Å². The molecule has 0 bridgehead atoms. The van der Waals surface area contributed by atoms with Gasteiger partial charge in [0.05, 0.1) is 11.6 Å². The third-order valence-corrected chi connectivity index (χ3v) is 2.91. The van der Waals surface area contributed by atoms with Crippen LogP contribution in [0.2, 0.25) is 0 Å². The van der Waals surface area contributed by atoms with E-state index in [4.69, 9.17) is 10.3 Å². The summed E-state index contributed by atoms with van der Waals surface area (Å²) < 4.78 is 5.04. The fraction of sp³-hybridized carbons (Fsp3) is 0.667. The number of aryl methyl sites for hydroxylation is 2. The normalized spacial score (nSPS) is 12.5. The lowest BCUT2D eigenvalue weighted by atomic mass is 10.0. The highest BCUT2D eigenvalue weighted by atomic mass is 16.5. The summed E-state index contributed by atoms with van der Waals surface area (Å²) in [6.07, 6.45) is 1.78. The molecule has 1 aromatic heterocycles. The summed E-state index contributed by atoms with van der Waals surface area (Å²) in [5.74, 6) is 0.664. The Morgan fingerprint density at radius 1 is 1.53 bits per heavy atom. The lowest BCUT2D eigenvalue weighted by molar-refractivity contribution is -0.125. The molecule has 0 radical (unpaired) electrons. The Morgan fingerprint density at radius 3 is 2.71 bits per heavy atom. The van der Waals surface area contributed by atoms with Crippen LogP contribution < -0.4 is 11.1 Å². The van der Waals surface area contributed by atoms with Gasteiger partial charge in [0.2, 0.25) is 5.91 Å². The highest BCUT2D eigenvalue weighted by Gasteiger charge is 2.16. The summed E-state index contributed by atoms with van der Waals surface area (Å²) in [6, 6.07) is 0. The van der Waals surface area contributed by atoms with Crippen molar-refractivity contribution in [3.8, 4) is 0 Å². The maximum absolute atomic E-state index is 11.8. The first-order chi connectivity index (χ1) is 8.10. The number of nitrogens with zero attached hydrogens (tertiary/aromatic N) is 1. The molecule has 0 spiro atoms. The van der Waals surface area contributed by atoms with Crippen molar-refractivity contribution in [3.63, 3.8) is 0 Å². The van der Waals surface area contributed by atoms with E-state index in [2.05, 4.69) is 10.5 Å². The van der Waals surface area contributed by atoms with Gasteiger partial charge in [0.15, 0.2) is 0 Å². The Morgan fingerprint density at radius 2 is 2.24 bits per heavy atom. The molecule has 3 N–H and O–H groups in total. The van der Waals surface area contributed by atoms with Crippen LogP contribution in [0.25, 0.3) is 0 Å². The molecule has 17 heavy (non-hydrogen) atoms. The molecule has 0 saturated heterocycles. The summed E-state index contributed by atoms with van der Waals surface area (Å²) in [5, 5.41) is 6.73. The molecule has 1 aromatic rings. The van der Waals surface area contributed by atoms with Gasteiger partial charge in [-0.15, -0.1) is 0 Å². The highest BCUT2D eigenvalue weighted by Crippen LogP contribution is 2.12. The van der Waals surface area contributed by atoms with Crippen molar-refractivity contribution in [1.82, 2.24) is 10.5 Å². The van der Waals surface area contributed by atoms with E-state index in [0.717, 1.165) is 29.9 Å². The van der Waals surface area contributed by atoms with Crippen molar-refractivity contribution < 1.29 is 9.32 Å². The second kappa shape index (κ2) is 6.39. The third-order valence-electron chi connectivity index (χ3n) is 2.91. The molecular formula is C12H21N3O2. The number of hydrogen-bond donors (Lipinski definition) is 2. The molecule has 0 fully saturated rings. The fourth-order valence-electron chi connectivity index (χ4n) is 1.78. The molecule has 96 valence electrons. The van der Waals surface area contributed by atoms with Gasteiger partial charge in [0, 0.05) is 18.7 Å². The molecular weight excluding hydrogens is 218 g/mol. The van der Waals surface area contributed by atoms with Crippen LogP contribution in [-0.4, -0.2) is 17.6 Å². The number of carbonyl (C=O) groups is 1. The predicted molar refractivity (Wildman–Crippen MR) is 65.3 cm³/mol. The van der Waals surface area contributed by atoms with Gasteiger partial charge >= 0.3 is 0 Å². The van der Waals surface area contributed by atoms with Gasteiger partial charge in [-0.2, -0.15) is 0 Å². The van der Waals surface area contributed by atoms with E-state index in [-0.39, 0.29) is 11.8 Å². The van der Waals surface area contributed by atoms with E-state index in [1.807, 2.05) is 20.8 Å². The highest BCUT2D eigenvalue weighted by molar-refractivity contribution is 5.78. The average Bonchev–Trinajstić information content (AvgIpc) is 2.63. The van der Waals surface area contributed by atoms with Gasteiger partial charge in [-0.1, -0.05) is 18.5 Å². The van der Waals surface area contributed by atoms with Crippen LogP contribution in [-0.2, 0) is 11.3 Å². The van der Waals surface area contributed by atoms with E-state index < -0.39 is 0 Å². The largest absolute Gasteiger partial charge is 0.361 e. The molecule has 1 rings (SSSR count). The molecule has 1 atom stereocenters. The topological polar surface area (TPSA) is 81.2 Å². The Kier molecular flexibility index (Phi) is 5.15. The van der Waals surface area contributed by atoms with Crippen LogP contribution in [0.1, 0.15) is 36.8 Å². The standard InChI is InChI=1S/C12H21N3O2/c1-4-5-10(6-13)12(16)14-7-11-8(2)15-17-9(11)3/h10H,4-7,13H2,1-3H3,(H,14,16). The first-order valence-electron chi connectivity index (χ1n) is 5.99. The minimum Gasteiger partial charge on any atom is -0.361 e. The Hall–Kier alpha value is -1.36. The van der Waals surface area contributed by atoms with Crippen molar-refractivity contribution in [2.24, 2.45) is 11.7 Å². The molecule has 0 saturated carbocycles. The van der Waals surface area contributed by atoms with Crippen molar-refractivity contribution in [1.29, 1.82) is 0 Å². The van der Waals surface area contributed by atoms with Gasteiger partial charge in [-0.25, -0.2) is 0 Å². The zero-order chi connectivity index (χ0) is 12.8. The monoisotopic (exact) mass is 239 g/mol. The van der Waals surface area contributed by atoms with Crippen molar-refractivity contribution >= 4 is 5.91 Å². The summed E-state index contributed by atoms with van der Waals surface area (Å²) >= 11 is 0. The van der Waals surface area contributed by atoms with E-state index >= 15 is 0 Å². The smallest absolute Gasteiger partial charge is 0.224 e. The second-order valence-corrected chi connectivity index (χ2v) is 4.24. The molecule has 1 unspecified atom stereocenters. The fourth-order valence-corrected chi connectivity index (χ4v) is 1.78. The number of rotatable bonds is 6. The minimum absolute atomic E-state index is 0.00866. The van der Waals surface area contributed by atoms with E-state index in [1.54, 1.807) is 0 Å². The van der Waals surface area contributed by atoms with Crippen LogP contribution in [0.4, 0.5) is 0 Å². The minimum atomic E-state index is -0.0968. The molecule has 0 aliphatic heterocycles. The predicted octanol–water partition coefficient (Wildman–Crippen LogP) is 1.28. The quantitative estimate of drug-likeness (QED) is 0.783. The Bertz CT molecular complexity index is 354. The molecule has 1 amide bonds. The number of nitrogens with one attached hydrogen (secondary N) is 1. The van der Waals surface area contributed by atoms with Crippen molar-refractivity contribution in [2.75, 3.05) is 6.54 Å². The van der Waals surface area contributed by atoms with E-state index in [9.17, 15) is 4.79 Å². The third kappa shape index (κ3) is 3.56. The first-order valence-corrected chi connectivity index (χ1v) is 5.99. The molecule has 0 aliphatic carbocycles. The van der Waals surface area contributed by atoms with Gasteiger partial charge in [-0.05, 0) is 20.3 Å². The molecule has 5 nitrogen and oxygen atoms in total. The maximum Gasteiger partial charge on any atom is 0.224 e. The summed E-state index contributed by atoms with van der Waals surface area (Å²) in [7, 11) is 0. The SMILES string of the molecule is CCCC(CN)C(=O)NCc1c(C)noc1C. The summed E-state index contributed by atoms with van der Waals surface area (Å²) in [6.45, 7) is 6.60. The van der Waals surface area contributed by atoms with Crippen LogP contribution in [0.3, 0.4) is 0 Å². The molecule has 5 heteroatoms. The van der Waals surface area contributed by atoms with E-state index in [1.165, 1.54) is 0 Å². The van der Waals surface area contributed by atoms with Crippen LogP contribution >= 0.6 is 0 Å². The first kappa shape index (κ1) is 13.7. The maximum atomic E-state index is 11.8. The van der Waals surface area contributed by atoms with Gasteiger partial charge in [0.25, 0.3) is 0 Å². The second-order valence-electron chi connectivity index (χ2n) is 4.24. The molecule has 0 aliphatic rings. The summed E-state index contributed by atoms with van der Waals surface area (Å²) in [5.41, 5.74) is 7.35. The van der Waals surface area contributed by atoms with E-state index in [0.29, 0.717) is 13.1 Å². The molecule has 0 aromatic carbocycles.